The van der Waals surface area contributed by atoms with Crippen LogP contribution in [0.4, 0.5) is 8.78 Å². The molecule has 0 spiro atoms. The van der Waals surface area contributed by atoms with E-state index < -0.39 is 30.8 Å². The number of alkyl halides is 2. The number of aliphatic carboxylic acids is 1. The number of hydrogen-bond acceptors (Lipinski definition) is 4. The van der Waals surface area contributed by atoms with Crippen molar-refractivity contribution in [3.8, 4) is 11.5 Å². The zero-order valence-corrected chi connectivity index (χ0v) is 12.6. The lowest BCUT2D eigenvalue weighted by molar-refractivity contribution is -0.142. The molecule has 0 saturated carbocycles. The molecule has 2 rings (SSSR count). The smallest absolute Gasteiger partial charge is 0.326 e. The summed E-state index contributed by atoms with van der Waals surface area (Å²) in [6, 6.07) is 1.38. The minimum absolute atomic E-state index is 0.219. The number of halogens is 3. The van der Waals surface area contributed by atoms with Crippen LogP contribution in [0.5, 0.6) is 11.5 Å². The van der Waals surface area contributed by atoms with Gasteiger partial charge in [-0.15, -0.1) is 0 Å². The van der Waals surface area contributed by atoms with Gasteiger partial charge in [0.1, 0.15) is 19.3 Å². The van der Waals surface area contributed by atoms with Crippen LogP contribution in [0.2, 0.25) is 5.02 Å². The van der Waals surface area contributed by atoms with Gasteiger partial charge in [-0.3, -0.25) is 4.79 Å². The van der Waals surface area contributed by atoms with E-state index in [1.165, 1.54) is 6.07 Å². The first-order valence-electron chi connectivity index (χ1n) is 6.75. The maximum absolute atomic E-state index is 12.3. The molecule has 1 aromatic carbocycles. The number of carboxylic acids is 1. The number of hydrogen-bond donors (Lipinski definition) is 2. The number of amides is 1. The van der Waals surface area contributed by atoms with Crippen LogP contribution >= 0.6 is 11.6 Å². The Morgan fingerprint density at radius 2 is 2.00 bits per heavy atom. The van der Waals surface area contributed by atoms with Crippen molar-refractivity contribution in [2.75, 3.05) is 13.2 Å². The third kappa shape index (κ3) is 4.69. The van der Waals surface area contributed by atoms with Gasteiger partial charge in [-0.05, 0) is 17.7 Å². The van der Waals surface area contributed by atoms with E-state index in [0.717, 1.165) is 0 Å². The van der Waals surface area contributed by atoms with Crippen LogP contribution in [0.1, 0.15) is 12.0 Å². The van der Waals surface area contributed by atoms with Crippen molar-refractivity contribution < 1.29 is 33.0 Å². The number of fused-ring (bicyclic) bond motifs is 1. The molecule has 1 aliphatic heterocycles. The van der Waals surface area contributed by atoms with Gasteiger partial charge in [-0.2, -0.15) is 0 Å². The van der Waals surface area contributed by atoms with Crippen LogP contribution in [0.15, 0.2) is 12.1 Å². The zero-order chi connectivity index (χ0) is 17.0. The Morgan fingerprint density at radius 3 is 2.65 bits per heavy atom. The number of rotatable bonds is 6. The number of carboxylic acid groups (broad SMARTS) is 1. The second-order valence-corrected chi connectivity index (χ2v) is 5.27. The van der Waals surface area contributed by atoms with Crippen molar-refractivity contribution >= 4 is 23.5 Å². The molecule has 1 heterocycles. The number of carbonyl (C=O) groups excluding carboxylic acids is 1. The minimum Gasteiger partial charge on any atom is -0.486 e. The fourth-order valence-corrected chi connectivity index (χ4v) is 2.38. The molecule has 1 unspecified atom stereocenters. The standard InChI is InChI=1S/C14H14ClF2NO5/c15-8-3-7(4-10-13(8)23-2-1-22-10)5-12(19)18-9(14(20)21)6-11(16)17/h3-4,9,11H,1-2,5-6H2,(H,18,19)(H,20,21). The van der Waals surface area contributed by atoms with Crippen molar-refractivity contribution in [2.24, 2.45) is 0 Å². The van der Waals surface area contributed by atoms with Gasteiger partial charge in [0.15, 0.2) is 11.5 Å². The Balaban J connectivity index is 2.05. The molecule has 0 saturated heterocycles. The molecule has 6 nitrogen and oxygen atoms in total. The predicted octanol–water partition coefficient (Wildman–Crippen LogP) is 1.88. The third-order valence-electron chi connectivity index (χ3n) is 3.07. The summed E-state index contributed by atoms with van der Waals surface area (Å²) < 4.78 is 35.3. The van der Waals surface area contributed by atoms with Crippen LogP contribution in [0.25, 0.3) is 0 Å². The van der Waals surface area contributed by atoms with E-state index in [1.807, 2.05) is 0 Å². The van der Waals surface area contributed by atoms with Crippen molar-refractivity contribution in [2.45, 2.75) is 25.3 Å². The normalized spacial score (nSPS) is 14.4. The molecule has 1 atom stereocenters. The average molecular weight is 350 g/mol. The molecule has 1 aromatic rings. The first-order valence-corrected chi connectivity index (χ1v) is 7.13. The molecular formula is C14H14ClF2NO5. The van der Waals surface area contributed by atoms with Gasteiger partial charge in [0.25, 0.3) is 0 Å². The molecule has 0 aromatic heterocycles. The number of ether oxygens (including phenoxy) is 2. The summed E-state index contributed by atoms with van der Waals surface area (Å²) in [6.45, 7) is 0.703. The molecule has 126 valence electrons. The summed E-state index contributed by atoms with van der Waals surface area (Å²) in [6.07, 6.45) is -4.01. The topological polar surface area (TPSA) is 84.9 Å². The molecule has 9 heteroatoms. The lowest BCUT2D eigenvalue weighted by Crippen LogP contribution is -2.42. The van der Waals surface area contributed by atoms with Gasteiger partial charge in [0.05, 0.1) is 11.4 Å². The summed E-state index contributed by atoms with van der Waals surface area (Å²) in [7, 11) is 0. The third-order valence-corrected chi connectivity index (χ3v) is 3.35. The Hall–Kier alpha value is -2.09. The Labute approximate surface area is 135 Å². The highest BCUT2D eigenvalue weighted by Gasteiger charge is 2.24. The van der Waals surface area contributed by atoms with E-state index in [4.69, 9.17) is 26.2 Å². The SMILES string of the molecule is O=C(Cc1cc(Cl)c2c(c1)OCCO2)NC(CC(F)F)C(=O)O. The van der Waals surface area contributed by atoms with Crippen molar-refractivity contribution in [1.29, 1.82) is 0 Å². The van der Waals surface area contributed by atoms with Gasteiger partial charge in [-0.25, -0.2) is 13.6 Å². The Kier molecular flexibility index (Phi) is 5.59. The summed E-state index contributed by atoms with van der Waals surface area (Å²) in [5.41, 5.74) is 0.456. The first kappa shape index (κ1) is 17.3. The quantitative estimate of drug-likeness (QED) is 0.819. The second kappa shape index (κ2) is 7.45. The molecule has 0 fully saturated rings. The van der Waals surface area contributed by atoms with E-state index in [2.05, 4.69) is 5.32 Å². The van der Waals surface area contributed by atoms with Crippen LogP contribution in [-0.4, -0.2) is 42.7 Å². The highest BCUT2D eigenvalue weighted by Crippen LogP contribution is 2.38. The second-order valence-electron chi connectivity index (χ2n) is 4.86. The van der Waals surface area contributed by atoms with Crippen LogP contribution in [-0.2, 0) is 16.0 Å². The summed E-state index contributed by atoms with van der Waals surface area (Å²) >= 11 is 6.03. The monoisotopic (exact) mass is 349 g/mol. The number of benzene rings is 1. The zero-order valence-electron chi connectivity index (χ0n) is 11.9. The molecule has 2 N–H and O–H groups in total. The fraction of sp³-hybridized carbons (Fsp3) is 0.429. The van der Waals surface area contributed by atoms with Gasteiger partial charge in [0, 0.05) is 6.42 Å². The van der Waals surface area contributed by atoms with Crippen LogP contribution in [0, 0.1) is 0 Å². The Morgan fingerprint density at radius 1 is 1.30 bits per heavy atom. The predicted molar refractivity (Wildman–Crippen MR) is 76.3 cm³/mol. The van der Waals surface area contributed by atoms with Gasteiger partial charge < -0.3 is 19.9 Å². The first-order chi connectivity index (χ1) is 10.9. The molecule has 1 aliphatic rings. The van der Waals surface area contributed by atoms with E-state index in [0.29, 0.717) is 30.3 Å². The largest absolute Gasteiger partial charge is 0.486 e. The highest BCUT2D eigenvalue weighted by molar-refractivity contribution is 6.32. The summed E-state index contributed by atoms with van der Waals surface area (Å²) in [5.74, 6) is -1.46. The Bertz CT molecular complexity index is 611. The van der Waals surface area contributed by atoms with Crippen LogP contribution in [0.3, 0.4) is 0 Å². The lowest BCUT2D eigenvalue weighted by Gasteiger charge is -2.20. The van der Waals surface area contributed by atoms with E-state index >= 15 is 0 Å². The highest BCUT2D eigenvalue weighted by atomic mass is 35.5. The van der Waals surface area contributed by atoms with Crippen molar-refractivity contribution in [3.63, 3.8) is 0 Å². The summed E-state index contributed by atoms with van der Waals surface area (Å²) in [5, 5.41) is 11.2. The van der Waals surface area contributed by atoms with Crippen molar-refractivity contribution in [3.05, 3.63) is 22.7 Å². The molecule has 0 bridgehead atoms. The number of carbonyl (C=O) groups is 2. The lowest BCUT2D eigenvalue weighted by atomic mass is 10.1. The molecule has 0 aliphatic carbocycles. The minimum atomic E-state index is -2.83. The molecule has 1 amide bonds. The van der Waals surface area contributed by atoms with Gasteiger partial charge >= 0.3 is 5.97 Å². The molecule has 0 radical (unpaired) electrons. The van der Waals surface area contributed by atoms with E-state index in [9.17, 15) is 18.4 Å². The van der Waals surface area contributed by atoms with Gasteiger partial charge in [-0.1, -0.05) is 11.6 Å². The number of nitrogens with one attached hydrogen (secondary N) is 1. The van der Waals surface area contributed by atoms with Crippen molar-refractivity contribution in [1.82, 2.24) is 5.32 Å². The fourth-order valence-electron chi connectivity index (χ4n) is 2.10. The van der Waals surface area contributed by atoms with Gasteiger partial charge in [0.2, 0.25) is 12.3 Å². The maximum Gasteiger partial charge on any atom is 0.326 e. The van der Waals surface area contributed by atoms with E-state index in [-0.39, 0.29) is 11.4 Å². The van der Waals surface area contributed by atoms with E-state index in [1.54, 1.807) is 6.07 Å². The average Bonchev–Trinajstić information content (AvgIpc) is 2.46. The summed E-state index contributed by atoms with van der Waals surface area (Å²) in [4.78, 5) is 22.7. The van der Waals surface area contributed by atoms with Crippen LogP contribution < -0.4 is 14.8 Å². The molecule has 23 heavy (non-hydrogen) atoms. The molecular weight excluding hydrogens is 336 g/mol. The maximum atomic E-state index is 12.3.